The highest BCUT2D eigenvalue weighted by Crippen LogP contribution is 2.21. The lowest BCUT2D eigenvalue weighted by Gasteiger charge is -2.04. The molecule has 16 heavy (non-hydrogen) atoms. The maximum absolute atomic E-state index is 11.4. The Morgan fingerprint density at radius 3 is 2.75 bits per heavy atom. The Labute approximate surface area is 105 Å². The molecule has 92 valence electrons. The van der Waals surface area contributed by atoms with Gasteiger partial charge in [-0.3, -0.25) is 0 Å². The minimum Gasteiger partial charge on any atom is -0.330 e. The summed E-state index contributed by atoms with van der Waals surface area (Å²) in [6, 6.07) is 3.71. The van der Waals surface area contributed by atoms with Crippen LogP contribution in [0.15, 0.2) is 12.1 Å². The van der Waals surface area contributed by atoms with E-state index in [4.69, 9.17) is 17.3 Å². The molecule has 1 rings (SSSR count). The summed E-state index contributed by atoms with van der Waals surface area (Å²) in [7, 11) is -3.17. The molecule has 0 atom stereocenters. The van der Waals surface area contributed by atoms with E-state index in [-0.39, 0.29) is 5.75 Å². The first-order chi connectivity index (χ1) is 7.53. The third-order valence-electron chi connectivity index (χ3n) is 1.94. The lowest BCUT2D eigenvalue weighted by Crippen LogP contribution is -2.29. The van der Waals surface area contributed by atoms with Gasteiger partial charge < -0.3 is 5.73 Å². The van der Waals surface area contributed by atoms with E-state index in [1.165, 1.54) is 11.3 Å². The third kappa shape index (κ3) is 5.27. The molecule has 4 nitrogen and oxygen atoms in total. The highest BCUT2D eigenvalue weighted by Gasteiger charge is 2.08. The molecule has 1 heterocycles. The second-order valence-corrected chi connectivity index (χ2v) is 7.04. The molecule has 7 heteroatoms. The van der Waals surface area contributed by atoms with Crippen molar-refractivity contribution in [3.8, 4) is 0 Å². The van der Waals surface area contributed by atoms with Gasteiger partial charge in [-0.25, -0.2) is 13.1 Å². The zero-order valence-electron chi connectivity index (χ0n) is 8.78. The first-order valence-electron chi connectivity index (χ1n) is 4.95. The number of rotatable bonds is 7. The van der Waals surface area contributed by atoms with Crippen molar-refractivity contribution in [2.45, 2.75) is 12.8 Å². The summed E-state index contributed by atoms with van der Waals surface area (Å²) in [5.74, 6) is 0.0920. The standard InChI is InChI=1S/C9H15ClN2O2S2/c10-9-3-2-8(15-9)4-6-12-16(13,14)7-1-5-11/h2-3,12H,1,4-7,11H2. The van der Waals surface area contributed by atoms with Crippen LogP contribution in [0.4, 0.5) is 0 Å². The Morgan fingerprint density at radius 2 is 2.19 bits per heavy atom. The largest absolute Gasteiger partial charge is 0.330 e. The van der Waals surface area contributed by atoms with Crippen molar-refractivity contribution in [3.63, 3.8) is 0 Å². The van der Waals surface area contributed by atoms with E-state index in [1.54, 1.807) is 0 Å². The summed E-state index contributed by atoms with van der Waals surface area (Å²) >= 11 is 7.23. The molecule has 0 fully saturated rings. The SMILES string of the molecule is NCCCS(=O)(=O)NCCc1ccc(Cl)s1. The van der Waals surface area contributed by atoms with Crippen molar-refractivity contribution >= 4 is 33.0 Å². The van der Waals surface area contributed by atoms with Gasteiger partial charge in [-0.15, -0.1) is 11.3 Å². The number of sulfonamides is 1. The molecule has 0 amide bonds. The van der Waals surface area contributed by atoms with Crippen molar-refractivity contribution in [3.05, 3.63) is 21.3 Å². The molecule has 0 aliphatic carbocycles. The van der Waals surface area contributed by atoms with Crippen LogP contribution in [0.25, 0.3) is 0 Å². The molecule has 0 saturated heterocycles. The number of hydrogen-bond donors (Lipinski definition) is 2. The molecule has 0 saturated carbocycles. The van der Waals surface area contributed by atoms with Crippen molar-refractivity contribution < 1.29 is 8.42 Å². The minimum absolute atomic E-state index is 0.0920. The van der Waals surface area contributed by atoms with E-state index in [0.717, 1.165) is 9.21 Å². The predicted octanol–water partition coefficient (Wildman–Crippen LogP) is 1.21. The lowest BCUT2D eigenvalue weighted by atomic mass is 10.3. The Bertz CT molecular complexity index is 417. The van der Waals surface area contributed by atoms with E-state index in [2.05, 4.69) is 4.72 Å². The molecular formula is C9H15ClN2O2S2. The second-order valence-electron chi connectivity index (χ2n) is 3.31. The molecule has 0 bridgehead atoms. The van der Waals surface area contributed by atoms with Gasteiger partial charge in [0.15, 0.2) is 0 Å². The molecule has 0 radical (unpaired) electrons. The van der Waals surface area contributed by atoms with E-state index in [1.807, 2.05) is 12.1 Å². The Morgan fingerprint density at radius 1 is 1.44 bits per heavy atom. The van der Waals surface area contributed by atoms with Gasteiger partial charge in [0.05, 0.1) is 10.1 Å². The summed E-state index contributed by atoms with van der Waals surface area (Å²) in [6.07, 6.45) is 1.15. The van der Waals surface area contributed by atoms with E-state index < -0.39 is 10.0 Å². The third-order valence-corrected chi connectivity index (χ3v) is 4.70. The summed E-state index contributed by atoms with van der Waals surface area (Å²) in [6.45, 7) is 0.797. The molecule has 1 aromatic heterocycles. The average Bonchev–Trinajstić information content (AvgIpc) is 2.61. The molecule has 0 spiro atoms. The van der Waals surface area contributed by atoms with Gasteiger partial charge in [0, 0.05) is 11.4 Å². The van der Waals surface area contributed by atoms with Gasteiger partial charge in [-0.05, 0) is 31.5 Å². The first-order valence-corrected chi connectivity index (χ1v) is 7.80. The Balaban J connectivity index is 2.29. The Kier molecular flexibility index (Phi) is 5.71. The van der Waals surface area contributed by atoms with Crippen LogP contribution in [0.2, 0.25) is 4.34 Å². The topological polar surface area (TPSA) is 72.2 Å². The number of thiophene rings is 1. The quantitative estimate of drug-likeness (QED) is 0.790. The van der Waals surface area contributed by atoms with Gasteiger partial charge in [0.2, 0.25) is 10.0 Å². The molecule has 0 aromatic carbocycles. The molecule has 0 unspecified atom stereocenters. The smallest absolute Gasteiger partial charge is 0.211 e. The van der Waals surface area contributed by atoms with E-state index >= 15 is 0 Å². The van der Waals surface area contributed by atoms with Crippen molar-refractivity contribution in [2.75, 3.05) is 18.8 Å². The summed E-state index contributed by atoms with van der Waals surface area (Å²) in [5.41, 5.74) is 5.25. The second kappa shape index (κ2) is 6.56. The Hall–Kier alpha value is -0.140. The van der Waals surface area contributed by atoms with Crippen LogP contribution in [0.1, 0.15) is 11.3 Å². The van der Waals surface area contributed by atoms with Gasteiger partial charge >= 0.3 is 0 Å². The fraction of sp³-hybridized carbons (Fsp3) is 0.556. The van der Waals surface area contributed by atoms with Crippen LogP contribution >= 0.6 is 22.9 Å². The number of nitrogens with two attached hydrogens (primary N) is 1. The molecular weight excluding hydrogens is 268 g/mol. The normalized spacial score (nSPS) is 11.9. The lowest BCUT2D eigenvalue weighted by molar-refractivity contribution is 0.579. The van der Waals surface area contributed by atoms with Crippen molar-refractivity contribution in [2.24, 2.45) is 5.73 Å². The van der Waals surface area contributed by atoms with Gasteiger partial charge in [0.1, 0.15) is 0 Å². The predicted molar refractivity (Wildman–Crippen MR) is 68.5 cm³/mol. The molecule has 1 aromatic rings. The average molecular weight is 283 g/mol. The number of nitrogens with one attached hydrogen (secondary N) is 1. The molecule has 0 aliphatic rings. The number of hydrogen-bond acceptors (Lipinski definition) is 4. The van der Waals surface area contributed by atoms with E-state index in [0.29, 0.717) is 25.9 Å². The van der Waals surface area contributed by atoms with Crippen LogP contribution in [-0.2, 0) is 16.4 Å². The van der Waals surface area contributed by atoms with Gasteiger partial charge in [-0.2, -0.15) is 0 Å². The van der Waals surface area contributed by atoms with Crippen molar-refractivity contribution in [1.82, 2.24) is 4.72 Å². The minimum atomic E-state index is -3.17. The van der Waals surface area contributed by atoms with Crippen LogP contribution in [0.3, 0.4) is 0 Å². The molecule has 3 N–H and O–H groups in total. The van der Waals surface area contributed by atoms with Crippen LogP contribution in [0, 0.1) is 0 Å². The van der Waals surface area contributed by atoms with Crippen LogP contribution in [0.5, 0.6) is 0 Å². The zero-order chi connectivity index (χ0) is 12.0. The monoisotopic (exact) mass is 282 g/mol. The summed E-state index contributed by atoms with van der Waals surface area (Å²) in [4.78, 5) is 1.08. The van der Waals surface area contributed by atoms with Crippen molar-refractivity contribution in [1.29, 1.82) is 0 Å². The molecule has 0 aliphatic heterocycles. The highest BCUT2D eigenvalue weighted by atomic mass is 35.5. The fourth-order valence-electron chi connectivity index (χ4n) is 1.16. The summed E-state index contributed by atoms with van der Waals surface area (Å²) in [5, 5.41) is 0. The first kappa shape index (κ1) is 13.9. The maximum atomic E-state index is 11.4. The van der Waals surface area contributed by atoms with Gasteiger partial charge in [0.25, 0.3) is 0 Å². The summed E-state index contributed by atoms with van der Waals surface area (Å²) < 4.78 is 26.0. The maximum Gasteiger partial charge on any atom is 0.211 e. The fourth-order valence-corrected chi connectivity index (χ4v) is 3.35. The van der Waals surface area contributed by atoms with E-state index in [9.17, 15) is 8.42 Å². The van der Waals surface area contributed by atoms with Crippen LogP contribution in [-0.4, -0.2) is 27.3 Å². The highest BCUT2D eigenvalue weighted by molar-refractivity contribution is 7.89. The zero-order valence-corrected chi connectivity index (χ0v) is 11.2. The number of halogens is 1. The van der Waals surface area contributed by atoms with Crippen LogP contribution < -0.4 is 10.5 Å². The van der Waals surface area contributed by atoms with Gasteiger partial charge in [-0.1, -0.05) is 11.6 Å².